The molecule has 0 aliphatic rings. The Morgan fingerprint density at radius 3 is 2.68 bits per heavy atom. The second-order valence-corrected chi connectivity index (χ2v) is 5.41. The summed E-state index contributed by atoms with van der Waals surface area (Å²) in [4.78, 5) is 14.0. The number of hydrogen-bond donors (Lipinski definition) is 2. The zero-order chi connectivity index (χ0) is 14.2. The van der Waals surface area contributed by atoms with E-state index in [2.05, 4.69) is 18.8 Å². The van der Waals surface area contributed by atoms with Gasteiger partial charge in [0.25, 0.3) is 5.69 Å². The minimum absolute atomic E-state index is 0.00954. The number of nitro benzene ring substituents is 1. The van der Waals surface area contributed by atoms with E-state index in [9.17, 15) is 10.1 Å². The average molecular weight is 277 g/mol. The fourth-order valence-electron chi connectivity index (χ4n) is 2.12. The highest BCUT2D eigenvalue weighted by Crippen LogP contribution is 2.28. The Hall–Kier alpha value is -1.95. The van der Waals surface area contributed by atoms with Crippen molar-refractivity contribution in [2.75, 3.05) is 0 Å². The lowest BCUT2D eigenvalue weighted by Gasteiger charge is -2.00. The van der Waals surface area contributed by atoms with E-state index in [-0.39, 0.29) is 10.7 Å². The van der Waals surface area contributed by atoms with E-state index >= 15 is 0 Å². The van der Waals surface area contributed by atoms with Gasteiger partial charge in [0.05, 0.1) is 4.92 Å². The molecule has 0 spiro atoms. The van der Waals surface area contributed by atoms with Crippen LogP contribution >= 0.6 is 12.2 Å². The lowest BCUT2D eigenvalue weighted by Crippen LogP contribution is -2.09. The number of non-ortho nitro benzene ring substituents is 1. The standard InChI is InChI=1S/C13H15N3O2S/c1-7(2)3-10-5-8-4-9(13(14)19)6-11(16(17)18)12(8)15-10/h4-7,15H,3H2,1-2H3,(H2,14,19). The van der Waals surface area contributed by atoms with Gasteiger partial charge in [0.1, 0.15) is 10.5 Å². The van der Waals surface area contributed by atoms with Crippen LogP contribution in [-0.2, 0) is 6.42 Å². The van der Waals surface area contributed by atoms with Gasteiger partial charge < -0.3 is 10.7 Å². The van der Waals surface area contributed by atoms with Crippen LogP contribution in [0.3, 0.4) is 0 Å². The van der Waals surface area contributed by atoms with E-state index < -0.39 is 4.92 Å². The molecule has 0 aliphatic carbocycles. The molecule has 0 atom stereocenters. The average Bonchev–Trinajstić information content (AvgIpc) is 2.67. The Bertz CT molecular complexity index is 661. The number of fused-ring (bicyclic) bond motifs is 1. The molecule has 0 unspecified atom stereocenters. The quantitative estimate of drug-likeness (QED) is 0.511. The van der Waals surface area contributed by atoms with Crippen LogP contribution in [0, 0.1) is 16.0 Å². The van der Waals surface area contributed by atoms with Crippen molar-refractivity contribution in [2.24, 2.45) is 11.7 Å². The van der Waals surface area contributed by atoms with Crippen LogP contribution in [-0.4, -0.2) is 14.9 Å². The maximum Gasteiger partial charge on any atom is 0.293 e. The van der Waals surface area contributed by atoms with E-state index in [0.717, 1.165) is 17.5 Å². The van der Waals surface area contributed by atoms with E-state index in [1.165, 1.54) is 6.07 Å². The summed E-state index contributed by atoms with van der Waals surface area (Å²) in [5.74, 6) is 0.474. The molecule has 0 saturated heterocycles. The fraction of sp³-hybridized carbons (Fsp3) is 0.308. The van der Waals surface area contributed by atoms with Gasteiger partial charge in [0, 0.05) is 22.7 Å². The first kappa shape index (κ1) is 13.5. The first-order valence-corrected chi connectivity index (χ1v) is 6.39. The Kier molecular flexibility index (Phi) is 3.53. The number of aromatic amines is 1. The van der Waals surface area contributed by atoms with E-state index in [1.807, 2.05) is 6.07 Å². The number of H-pyrrole nitrogens is 1. The lowest BCUT2D eigenvalue weighted by atomic mass is 10.1. The third kappa shape index (κ3) is 2.73. The molecule has 3 N–H and O–H groups in total. The third-order valence-corrected chi connectivity index (χ3v) is 3.11. The maximum atomic E-state index is 11.1. The minimum Gasteiger partial charge on any atom is -0.389 e. The molecule has 6 heteroatoms. The van der Waals surface area contributed by atoms with Crippen molar-refractivity contribution >= 4 is 33.8 Å². The van der Waals surface area contributed by atoms with E-state index in [4.69, 9.17) is 18.0 Å². The monoisotopic (exact) mass is 277 g/mol. The molecule has 1 heterocycles. The zero-order valence-corrected chi connectivity index (χ0v) is 11.6. The summed E-state index contributed by atoms with van der Waals surface area (Å²) < 4.78 is 0. The Morgan fingerprint density at radius 1 is 1.47 bits per heavy atom. The first-order valence-electron chi connectivity index (χ1n) is 5.98. The molecular formula is C13H15N3O2S. The second-order valence-electron chi connectivity index (χ2n) is 4.97. The Labute approximate surface area is 115 Å². The summed E-state index contributed by atoms with van der Waals surface area (Å²) in [5, 5.41) is 11.9. The number of nitrogens with two attached hydrogens (primary N) is 1. The molecule has 0 aliphatic heterocycles. The van der Waals surface area contributed by atoms with E-state index in [1.54, 1.807) is 6.07 Å². The smallest absolute Gasteiger partial charge is 0.293 e. The molecule has 2 rings (SSSR count). The van der Waals surface area contributed by atoms with Crippen LogP contribution in [0.2, 0.25) is 0 Å². The van der Waals surface area contributed by atoms with Crippen molar-refractivity contribution in [2.45, 2.75) is 20.3 Å². The molecule has 0 amide bonds. The van der Waals surface area contributed by atoms with Crippen molar-refractivity contribution in [1.29, 1.82) is 0 Å². The molecule has 100 valence electrons. The van der Waals surface area contributed by atoms with Crippen LogP contribution in [0.1, 0.15) is 25.1 Å². The number of rotatable bonds is 4. The molecule has 0 fully saturated rings. The predicted octanol–water partition coefficient (Wildman–Crippen LogP) is 2.91. The third-order valence-electron chi connectivity index (χ3n) is 2.87. The molecule has 1 aromatic heterocycles. The number of benzene rings is 1. The SMILES string of the molecule is CC(C)Cc1cc2cc(C(N)=S)cc([N+](=O)[O-])c2[nH]1. The molecule has 5 nitrogen and oxygen atoms in total. The van der Waals surface area contributed by atoms with Gasteiger partial charge in [0.15, 0.2) is 0 Å². The molecule has 19 heavy (non-hydrogen) atoms. The van der Waals surface area contributed by atoms with Crippen LogP contribution in [0.4, 0.5) is 5.69 Å². The van der Waals surface area contributed by atoms with Crippen LogP contribution in [0.25, 0.3) is 10.9 Å². The van der Waals surface area contributed by atoms with Crippen molar-refractivity contribution in [3.8, 4) is 0 Å². The number of nitro groups is 1. The largest absolute Gasteiger partial charge is 0.389 e. The summed E-state index contributed by atoms with van der Waals surface area (Å²) >= 11 is 4.89. The van der Waals surface area contributed by atoms with Gasteiger partial charge in [-0.25, -0.2) is 0 Å². The number of hydrogen-bond acceptors (Lipinski definition) is 3. The molecule has 0 radical (unpaired) electrons. The van der Waals surface area contributed by atoms with E-state index in [0.29, 0.717) is 17.0 Å². The highest BCUT2D eigenvalue weighted by molar-refractivity contribution is 7.80. The van der Waals surface area contributed by atoms with Crippen molar-refractivity contribution in [3.63, 3.8) is 0 Å². The normalized spacial score (nSPS) is 11.1. The van der Waals surface area contributed by atoms with Crippen molar-refractivity contribution in [1.82, 2.24) is 4.98 Å². The Balaban J connectivity index is 2.64. The summed E-state index contributed by atoms with van der Waals surface area (Å²) in [7, 11) is 0. The van der Waals surface area contributed by atoms with Gasteiger partial charge >= 0.3 is 0 Å². The molecule has 0 saturated carbocycles. The first-order chi connectivity index (χ1) is 8.88. The molecular weight excluding hydrogens is 262 g/mol. The molecule has 2 aromatic rings. The van der Waals surface area contributed by atoms with Gasteiger partial charge in [-0.1, -0.05) is 26.1 Å². The number of aromatic nitrogens is 1. The van der Waals surface area contributed by atoms with Crippen LogP contribution < -0.4 is 5.73 Å². The summed E-state index contributed by atoms with van der Waals surface area (Å²) in [6.45, 7) is 4.20. The molecule has 1 aromatic carbocycles. The topological polar surface area (TPSA) is 84.9 Å². The summed E-state index contributed by atoms with van der Waals surface area (Å²) in [5.41, 5.74) is 7.60. The predicted molar refractivity (Wildman–Crippen MR) is 79.4 cm³/mol. The number of nitrogens with one attached hydrogen (secondary N) is 1. The minimum atomic E-state index is -0.417. The number of nitrogens with zero attached hydrogens (tertiary/aromatic N) is 1. The summed E-state index contributed by atoms with van der Waals surface area (Å²) in [6.07, 6.45) is 0.842. The van der Waals surface area contributed by atoms with Gasteiger partial charge in [-0.3, -0.25) is 10.1 Å². The highest BCUT2D eigenvalue weighted by Gasteiger charge is 2.17. The fourth-order valence-corrected chi connectivity index (χ4v) is 2.24. The molecule has 0 bridgehead atoms. The van der Waals surface area contributed by atoms with Gasteiger partial charge in [-0.05, 0) is 24.5 Å². The lowest BCUT2D eigenvalue weighted by molar-refractivity contribution is -0.383. The van der Waals surface area contributed by atoms with Crippen molar-refractivity contribution < 1.29 is 4.92 Å². The maximum absolute atomic E-state index is 11.1. The second kappa shape index (κ2) is 4.97. The van der Waals surface area contributed by atoms with Gasteiger partial charge in [-0.2, -0.15) is 0 Å². The zero-order valence-electron chi connectivity index (χ0n) is 10.8. The van der Waals surface area contributed by atoms with Crippen LogP contribution in [0.15, 0.2) is 18.2 Å². The Morgan fingerprint density at radius 2 is 2.16 bits per heavy atom. The summed E-state index contributed by atoms with van der Waals surface area (Å²) in [6, 6.07) is 5.12. The number of thiocarbonyl (C=S) groups is 1. The van der Waals surface area contributed by atoms with Crippen molar-refractivity contribution in [3.05, 3.63) is 39.6 Å². The van der Waals surface area contributed by atoms with Gasteiger partial charge in [-0.15, -0.1) is 0 Å². The van der Waals surface area contributed by atoms with Crippen LogP contribution in [0.5, 0.6) is 0 Å². The highest BCUT2D eigenvalue weighted by atomic mass is 32.1. The van der Waals surface area contributed by atoms with Gasteiger partial charge in [0.2, 0.25) is 0 Å².